The molecule has 2 unspecified atom stereocenters. The minimum atomic E-state index is -0.00225. The van der Waals surface area contributed by atoms with Crippen LogP contribution in [-0.4, -0.2) is 29.5 Å². The number of hydrogen-bond acceptors (Lipinski definition) is 4. The summed E-state index contributed by atoms with van der Waals surface area (Å²) in [7, 11) is 0. The summed E-state index contributed by atoms with van der Waals surface area (Å²) < 4.78 is 6.98. The standard InChI is InChI=1S/C13H15BrO2S2/c14-10-5-11(18-7-10)12(15)9-1-3-16-13(6-9)2-4-17-8-13/h5,7,9H,1-4,6,8H2. The van der Waals surface area contributed by atoms with Gasteiger partial charge in [-0.2, -0.15) is 11.8 Å². The molecule has 5 heteroatoms. The Morgan fingerprint density at radius 1 is 1.56 bits per heavy atom. The molecule has 0 N–H and O–H groups in total. The number of thioether (sulfide) groups is 1. The zero-order valence-corrected chi connectivity index (χ0v) is 13.2. The number of ether oxygens (including phenoxy) is 1. The molecule has 3 rings (SSSR count). The first-order chi connectivity index (χ1) is 8.69. The summed E-state index contributed by atoms with van der Waals surface area (Å²) in [5, 5.41) is 1.98. The van der Waals surface area contributed by atoms with Crippen molar-refractivity contribution in [3.05, 3.63) is 20.8 Å². The number of rotatable bonds is 2. The second-order valence-electron chi connectivity index (χ2n) is 5.02. The fraction of sp³-hybridized carbons (Fsp3) is 0.615. The van der Waals surface area contributed by atoms with Crippen LogP contribution in [0.2, 0.25) is 0 Å². The van der Waals surface area contributed by atoms with Crippen LogP contribution in [0.15, 0.2) is 15.9 Å². The molecule has 1 spiro atoms. The number of Topliss-reactive ketones (excluding diaryl/α,β-unsaturated/α-hetero) is 1. The van der Waals surface area contributed by atoms with Crippen molar-refractivity contribution in [1.29, 1.82) is 0 Å². The molecule has 1 aromatic rings. The zero-order chi connectivity index (χ0) is 12.6. The minimum Gasteiger partial charge on any atom is -0.374 e. The van der Waals surface area contributed by atoms with Crippen LogP contribution in [0.3, 0.4) is 0 Å². The SMILES string of the molecule is O=C(c1cc(Br)cs1)C1CCOC2(CCSC2)C1. The predicted octanol–water partition coefficient (Wildman–Crippen LogP) is 4.00. The van der Waals surface area contributed by atoms with Gasteiger partial charge in [0, 0.05) is 28.1 Å². The largest absolute Gasteiger partial charge is 0.374 e. The van der Waals surface area contributed by atoms with E-state index in [0.29, 0.717) is 5.78 Å². The summed E-state index contributed by atoms with van der Waals surface area (Å²) in [5.74, 6) is 2.70. The van der Waals surface area contributed by atoms with E-state index in [1.807, 2.05) is 23.2 Å². The lowest BCUT2D eigenvalue weighted by Gasteiger charge is -2.37. The average Bonchev–Trinajstić information content (AvgIpc) is 2.98. The Morgan fingerprint density at radius 3 is 3.11 bits per heavy atom. The maximum Gasteiger partial charge on any atom is 0.176 e. The lowest BCUT2D eigenvalue weighted by molar-refractivity contribution is -0.0734. The van der Waals surface area contributed by atoms with Gasteiger partial charge in [0.25, 0.3) is 0 Å². The third-order valence-corrected chi connectivity index (χ3v) is 6.67. The molecule has 3 heterocycles. The molecule has 18 heavy (non-hydrogen) atoms. The molecule has 2 aliphatic rings. The molecule has 0 aliphatic carbocycles. The van der Waals surface area contributed by atoms with E-state index in [-0.39, 0.29) is 11.5 Å². The molecule has 2 fully saturated rings. The van der Waals surface area contributed by atoms with Gasteiger partial charge in [-0.3, -0.25) is 4.79 Å². The lowest BCUT2D eigenvalue weighted by Crippen LogP contribution is -2.41. The van der Waals surface area contributed by atoms with Gasteiger partial charge in [-0.05, 0) is 47.0 Å². The number of thiophene rings is 1. The Balaban J connectivity index is 1.74. The molecule has 0 saturated carbocycles. The lowest BCUT2D eigenvalue weighted by atomic mass is 9.82. The number of carbonyl (C=O) groups is 1. The highest BCUT2D eigenvalue weighted by Crippen LogP contribution is 2.41. The summed E-state index contributed by atoms with van der Waals surface area (Å²) in [6, 6.07) is 1.94. The molecular weight excluding hydrogens is 332 g/mol. The van der Waals surface area contributed by atoms with Gasteiger partial charge >= 0.3 is 0 Å². The molecule has 0 amide bonds. The fourth-order valence-corrected chi connectivity index (χ4v) is 5.58. The van der Waals surface area contributed by atoms with Gasteiger partial charge in [0.15, 0.2) is 5.78 Å². The van der Waals surface area contributed by atoms with Crippen molar-refractivity contribution in [3.8, 4) is 0 Å². The normalized spacial score (nSPS) is 31.9. The first kappa shape index (κ1) is 13.2. The molecule has 2 saturated heterocycles. The Bertz CT molecular complexity index is 452. The van der Waals surface area contributed by atoms with Gasteiger partial charge in [-0.1, -0.05) is 0 Å². The highest BCUT2D eigenvalue weighted by Gasteiger charge is 2.42. The van der Waals surface area contributed by atoms with Crippen LogP contribution in [0.1, 0.15) is 28.9 Å². The Kier molecular flexibility index (Phi) is 3.85. The molecule has 2 atom stereocenters. The van der Waals surface area contributed by atoms with Gasteiger partial charge < -0.3 is 4.74 Å². The summed E-state index contributed by atoms with van der Waals surface area (Å²) in [4.78, 5) is 13.4. The Hall–Kier alpha value is 0.160. The van der Waals surface area contributed by atoms with Crippen LogP contribution in [-0.2, 0) is 4.74 Å². The van der Waals surface area contributed by atoms with E-state index in [2.05, 4.69) is 15.9 Å². The molecule has 0 radical (unpaired) electrons. The van der Waals surface area contributed by atoms with E-state index in [0.717, 1.165) is 41.0 Å². The van der Waals surface area contributed by atoms with Crippen LogP contribution in [0.4, 0.5) is 0 Å². The number of hydrogen-bond donors (Lipinski definition) is 0. The predicted molar refractivity (Wildman–Crippen MR) is 79.7 cm³/mol. The van der Waals surface area contributed by atoms with Gasteiger partial charge in [0.2, 0.25) is 0 Å². The topological polar surface area (TPSA) is 26.3 Å². The molecule has 1 aromatic heterocycles. The van der Waals surface area contributed by atoms with Crippen LogP contribution >= 0.6 is 39.0 Å². The Labute approximate surface area is 124 Å². The van der Waals surface area contributed by atoms with E-state index in [1.165, 1.54) is 17.1 Å². The van der Waals surface area contributed by atoms with E-state index < -0.39 is 0 Å². The summed E-state index contributed by atoms with van der Waals surface area (Å²) in [6.45, 7) is 0.740. The smallest absolute Gasteiger partial charge is 0.176 e. The van der Waals surface area contributed by atoms with Gasteiger partial charge in [0.1, 0.15) is 0 Å². The first-order valence-electron chi connectivity index (χ1n) is 6.18. The molecule has 0 bridgehead atoms. The third kappa shape index (κ3) is 2.55. The average molecular weight is 347 g/mol. The van der Waals surface area contributed by atoms with Crippen LogP contribution in [0, 0.1) is 5.92 Å². The van der Waals surface area contributed by atoms with E-state index in [1.54, 1.807) is 0 Å². The number of ketones is 1. The van der Waals surface area contributed by atoms with Crippen molar-refractivity contribution in [3.63, 3.8) is 0 Å². The number of carbonyl (C=O) groups excluding carboxylic acids is 1. The summed E-state index contributed by atoms with van der Waals surface area (Å²) in [5.41, 5.74) is -0.00225. The van der Waals surface area contributed by atoms with Crippen LogP contribution < -0.4 is 0 Å². The maximum atomic E-state index is 12.5. The van der Waals surface area contributed by atoms with Crippen molar-refractivity contribution in [2.75, 3.05) is 18.1 Å². The molecular formula is C13H15BrO2S2. The van der Waals surface area contributed by atoms with Crippen molar-refractivity contribution in [1.82, 2.24) is 0 Å². The van der Waals surface area contributed by atoms with Gasteiger partial charge in [0.05, 0.1) is 10.5 Å². The second kappa shape index (κ2) is 5.27. The minimum absolute atomic E-state index is 0.00225. The van der Waals surface area contributed by atoms with Gasteiger partial charge in [-0.25, -0.2) is 0 Å². The summed E-state index contributed by atoms with van der Waals surface area (Å²) >= 11 is 6.91. The first-order valence-corrected chi connectivity index (χ1v) is 9.01. The molecule has 2 aliphatic heterocycles. The van der Waals surface area contributed by atoms with E-state index >= 15 is 0 Å². The second-order valence-corrected chi connectivity index (χ2v) is 7.95. The van der Waals surface area contributed by atoms with Crippen molar-refractivity contribution in [2.45, 2.75) is 24.9 Å². The maximum absolute atomic E-state index is 12.5. The zero-order valence-electron chi connectivity index (χ0n) is 9.99. The van der Waals surface area contributed by atoms with Crippen molar-refractivity contribution in [2.24, 2.45) is 5.92 Å². The highest BCUT2D eigenvalue weighted by atomic mass is 79.9. The number of halogens is 1. The summed E-state index contributed by atoms with van der Waals surface area (Å²) in [6.07, 6.45) is 2.89. The van der Waals surface area contributed by atoms with E-state index in [9.17, 15) is 4.79 Å². The van der Waals surface area contributed by atoms with Crippen LogP contribution in [0.5, 0.6) is 0 Å². The molecule has 0 aromatic carbocycles. The van der Waals surface area contributed by atoms with Crippen LogP contribution in [0.25, 0.3) is 0 Å². The monoisotopic (exact) mass is 346 g/mol. The highest BCUT2D eigenvalue weighted by molar-refractivity contribution is 9.10. The quantitative estimate of drug-likeness (QED) is 0.757. The third-order valence-electron chi connectivity index (χ3n) is 3.74. The molecule has 98 valence electrons. The fourth-order valence-electron chi connectivity index (χ4n) is 2.76. The van der Waals surface area contributed by atoms with Gasteiger partial charge in [-0.15, -0.1) is 11.3 Å². The molecule has 2 nitrogen and oxygen atoms in total. The van der Waals surface area contributed by atoms with Crippen molar-refractivity contribution < 1.29 is 9.53 Å². The Morgan fingerprint density at radius 2 is 2.44 bits per heavy atom. The van der Waals surface area contributed by atoms with E-state index in [4.69, 9.17) is 4.74 Å². The van der Waals surface area contributed by atoms with Crippen molar-refractivity contribution >= 4 is 44.8 Å².